The number of anilines is 1. The normalized spacial score (nSPS) is 18.0. The average molecular weight is 298 g/mol. The number of halogens is 1. The second-order valence-corrected chi connectivity index (χ2v) is 5.97. The molecule has 1 spiro atoms. The van der Waals surface area contributed by atoms with Crippen LogP contribution in [0.3, 0.4) is 0 Å². The van der Waals surface area contributed by atoms with Crippen molar-refractivity contribution in [3.63, 3.8) is 0 Å². The Morgan fingerprint density at radius 2 is 1.81 bits per heavy atom. The van der Waals surface area contributed by atoms with E-state index < -0.39 is 5.54 Å². The number of hydrogen-bond acceptors (Lipinski definition) is 2. The van der Waals surface area contributed by atoms with Gasteiger partial charge in [0, 0.05) is 16.1 Å². The maximum atomic E-state index is 12.8. The largest absolute Gasteiger partial charge is 0.294 e. The third kappa shape index (κ3) is 1.67. The van der Waals surface area contributed by atoms with Crippen molar-refractivity contribution < 1.29 is 9.59 Å². The first kappa shape index (κ1) is 12.6. The Kier molecular flexibility index (Phi) is 2.51. The van der Waals surface area contributed by atoms with Gasteiger partial charge in [0.15, 0.2) is 5.78 Å². The van der Waals surface area contributed by atoms with Crippen molar-refractivity contribution in [3.8, 4) is 0 Å². The second-order valence-electron chi connectivity index (χ2n) is 5.53. The molecule has 0 N–H and O–H groups in total. The fourth-order valence-corrected chi connectivity index (χ4v) is 3.22. The van der Waals surface area contributed by atoms with Crippen molar-refractivity contribution in [2.24, 2.45) is 0 Å². The van der Waals surface area contributed by atoms with Gasteiger partial charge < -0.3 is 0 Å². The van der Waals surface area contributed by atoms with Gasteiger partial charge in [-0.2, -0.15) is 0 Å². The Hall–Kier alpha value is -2.13. The molecular formula is C17H12ClNO2. The lowest BCUT2D eigenvalue weighted by molar-refractivity contribution is 0.0903. The summed E-state index contributed by atoms with van der Waals surface area (Å²) in [5.41, 5.74) is 1.17. The number of nitrogens with zero attached hydrogens (tertiary/aromatic N) is 1. The molecule has 21 heavy (non-hydrogen) atoms. The molecule has 2 aromatic carbocycles. The lowest BCUT2D eigenvalue weighted by atomic mass is 10.1. The number of hydrogen-bond donors (Lipinski definition) is 0. The quantitative estimate of drug-likeness (QED) is 0.804. The van der Waals surface area contributed by atoms with E-state index in [4.69, 9.17) is 11.6 Å². The third-order valence-corrected chi connectivity index (χ3v) is 4.48. The van der Waals surface area contributed by atoms with Crippen LogP contribution in [0.25, 0.3) is 0 Å². The fraction of sp³-hybridized carbons (Fsp3) is 0.176. The van der Waals surface area contributed by atoms with Crippen LogP contribution < -0.4 is 4.90 Å². The zero-order chi connectivity index (χ0) is 14.6. The number of rotatable bonds is 1. The Labute approximate surface area is 127 Å². The van der Waals surface area contributed by atoms with Crippen LogP contribution in [-0.4, -0.2) is 17.2 Å². The van der Waals surface area contributed by atoms with E-state index in [1.54, 1.807) is 35.2 Å². The first-order valence-corrected chi connectivity index (χ1v) is 7.25. The summed E-state index contributed by atoms with van der Waals surface area (Å²) in [6, 6.07) is 14.2. The maximum Gasteiger partial charge on any atom is 0.259 e. The predicted octanol–water partition coefficient (Wildman–Crippen LogP) is 3.72. The monoisotopic (exact) mass is 297 g/mol. The van der Waals surface area contributed by atoms with Crippen molar-refractivity contribution >= 4 is 29.0 Å². The molecule has 0 unspecified atom stereocenters. The van der Waals surface area contributed by atoms with Gasteiger partial charge in [0.25, 0.3) is 5.91 Å². The summed E-state index contributed by atoms with van der Waals surface area (Å²) >= 11 is 5.99. The van der Waals surface area contributed by atoms with Crippen LogP contribution in [0, 0.1) is 0 Å². The molecule has 1 saturated carbocycles. The van der Waals surface area contributed by atoms with Gasteiger partial charge >= 0.3 is 0 Å². The first-order valence-electron chi connectivity index (χ1n) is 6.87. The minimum Gasteiger partial charge on any atom is -0.294 e. The average Bonchev–Trinajstić information content (AvgIpc) is 3.26. The number of fused-ring (bicyclic) bond motifs is 1. The zero-order valence-corrected chi connectivity index (χ0v) is 11.9. The number of ketones is 1. The molecule has 0 radical (unpaired) electrons. The highest BCUT2D eigenvalue weighted by Crippen LogP contribution is 2.53. The molecule has 4 heteroatoms. The van der Waals surface area contributed by atoms with E-state index in [1.807, 2.05) is 18.2 Å². The minimum absolute atomic E-state index is 0.0179. The molecule has 0 saturated heterocycles. The van der Waals surface area contributed by atoms with Gasteiger partial charge in [0.2, 0.25) is 0 Å². The van der Waals surface area contributed by atoms with Gasteiger partial charge in [-0.15, -0.1) is 0 Å². The van der Waals surface area contributed by atoms with Crippen LogP contribution in [0.5, 0.6) is 0 Å². The van der Waals surface area contributed by atoms with Gasteiger partial charge in [-0.25, -0.2) is 0 Å². The Morgan fingerprint density at radius 3 is 2.48 bits per heavy atom. The highest BCUT2D eigenvalue weighted by atomic mass is 35.5. The van der Waals surface area contributed by atoms with E-state index in [1.165, 1.54) is 0 Å². The second kappa shape index (κ2) is 4.18. The SMILES string of the molecule is O=C(c1ccccc1)N1c2ccc(Cl)cc2C(=O)C12CC2. The molecule has 1 aliphatic heterocycles. The highest BCUT2D eigenvalue weighted by molar-refractivity contribution is 6.32. The number of benzene rings is 2. The zero-order valence-electron chi connectivity index (χ0n) is 11.2. The highest BCUT2D eigenvalue weighted by Gasteiger charge is 2.61. The Morgan fingerprint density at radius 1 is 1.10 bits per heavy atom. The lowest BCUT2D eigenvalue weighted by Crippen LogP contribution is -2.42. The molecular weight excluding hydrogens is 286 g/mol. The standard InChI is InChI=1S/C17H12ClNO2/c18-12-6-7-14-13(10-12)15(20)17(8-9-17)19(14)16(21)11-4-2-1-3-5-11/h1-7,10H,8-9H2. The molecule has 3 nitrogen and oxygen atoms in total. The summed E-state index contributed by atoms with van der Waals surface area (Å²) < 4.78 is 0. The van der Waals surface area contributed by atoms with E-state index in [9.17, 15) is 9.59 Å². The summed E-state index contributed by atoms with van der Waals surface area (Å²) in [4.78, 5) is 27.1. The van der Waals surface area contributed by atoms with Gasteiger partial charge in [-0.05, 0) is 43.2 Å². The van der Waals surface area contributed by atoms with Gasteiger partial charge in [0.05, 0.1) is 5.69 Å². The molecule has 0 aromatic heterocycles. The Balaban J connectivity index is 1.86. The number of carbonyl (C=O) groups excluding carboxylic acids is 2. The molecule has 2 aromatic rings. The molecule has 1 fully saturated rings. The summed E-state index contributed by atoms with van der Waals surface area (Å²) in [7, 11) is 0. The topological polar surface area (TPSA) is 37.4 Å². The summed E-state index contributed by atoms with van der Waals surface area (Å²) in [6.45, 7) is 0. The predicted molar refractivity (Wildman–Crippen MR) is 81.0 cm³/mol. The van der Waals surface area contributed by atoms with Crippen LogP contribution in [0.15, 0.2) is 48.5 Å². The summed E-state index contributed by atoms with van der Waals surface area (Å²) in [6.07, 6.45) is 1.44. The van der Waals surface area contributed by atoms with Gasteiger partial charge in [0.1, 0.15) is 5.54 Å². The lowest BCUT2D eigenvalue weighted by Gasteiger charge is -2.24. The van der Waals surface area contributed by atoms with E-state index in [2.05, 4.69) is 0 Å². The van der Waals surface area contributed by atoms with Crippen molar-refractivity contribution in [1.82, 2.24) is 0 Å². The van der Waals surface area contributed by atoms with E-state index >= 15 is 0 Å². The molecule has 1 aliphatic carbocycles. The minimum atomic E-state index is -0.667. The van der Waals surface area contributed by atoms with E-state index in [0.29, 0.717) is 21.8 Å². The van der Waals surface area contributed by atoms with Crippen molar-refractivity contribution in [2.75, 3.05) is 4.90 Å². The summed E-state index contributed by atoms with van der Waals surface area (Å²) in [5.74, 6) is -0.105. The smallest absolute Gasteiger partial charge is 0.259 e. The molecule has 4 rings (SSSR count). The van der Waals surface area contributed by atoms with Crippen LogP contribution in [0.2, 0.25) is 5.02 Å². The molecule has 1 amide bonds. The molecule has 0 bridgehead atoms. The van der Waals surface area contributed by atoms with Crippen LogP contribution in [0.4, 0.5) is 5.69 Å². The van der Waals surface area contributed by atoms with Crippen LogP contribution in [0.1, 0.15) is 33.6 Å². The van der Waals surface area contributed by atoms with Gasteiger partial charge in [-0.1, -0.05) is 29.8 Å². The first-order chi connectivity index (χ1) is 10.1. The summed E-state index contributed by atoms with van der Waals surface area (Å²) in [5, 5.41) is 0.520. The fourth-order valence-electron chi connectivity index (χ4n) is 3.05. The molecule has 0 atom stereocenters. The maximum absolute atomic E-state index is 12.8. The number of carbonyl (C=O) groups is 2. The molecule has 1 heterocycles. The van der Waals surface area contributed by atoms with Crippen LogP contribution in [-0.2, 0) is 0 Å². The number of amides is 1. The van der Waals surface area contributed by atoms with E-state index in [0.717, 1.165) is 12.8 Å². The van der Waals surface area contributed by atoms with Crippen LogP contribution >= 0.6 is 11.6 Å². The Bertz CT molecular complexity index is 766. The van der Waals surface area contributed by atoms with Crippen molar-refractivity contribution in [3.05, 3.63) is 64.7 Å². The third-order valence-electron chi connectivity index (χ3n) is 4.24. The molecule has 2 aliphatic rings. The van der Waals surface area contributed by atoms with Crippen molar-refractivity contribution in [2.45, 2.75) is 18.4 Å². The number of Topliss-reactive ketones (excluding diaryl/α,β-unsaturated/α-hetero) is 1. The van der Waals surface area contributed by atoms with Gasteiger partial charge in [-0.3, -0.25) is 14.5 Å². The molecule has 104 valence electrons. The van der Waals surface area contributed by atoms with Crippen molar-refractivity contribution in [1.29, 1.82) is 0 Å². The van der Waals surface area contributed by atoms with E-state index in [-0.39, 0.29) is 11.7 Å².